The van der Waals surface area contributed by atoms with E-state index in [4.69, 9.17) is 4.74 Å². The highest BCUT2D eigenvalue weighted by atomic mass is 32.1. The highest BCUT2D eigenvalue weighted by molar-refractivity contribution is 7.07. The van der Waals surface area contributed by atoms with Crippen molar-refractivity contribution in [3.05, 3.63) is 70.4 Å². The number of nitrogens with zero attached hydrogens (tertiary/aromatic N) is 5. The number of rotatable bonds is 5. The molecule has 7 nitrogen and oxygen atoms in total. The maximum Gasteiger partial charge on any atom is 0.257 e. The van der Waals surface area contributed by atoms with Gasteiger partial charge in [0.1, 0.15) is 0 Å². The third-order valence-corrected chi connectivity index (χ3v) is 6.77. The van der Waals surface area contributed by atoms with Crippen LogP contribution in [-0.4, -0.2) is 62.3 Å². The second-order valence-corrected chi connectivity index (χ2v) is 8.91. The first-order valence-electron chi connectivity index (χ1n) is 10.2. The van der Waals surface area contributed by atoms with E-state index in [-0.39, 0.29) is 11.8 Å². The number of carbonyl (C=O) groups is 1. The molecular weight excluding hydrogens is 398 g/mol. The van der Waals surface area contributed by atoms with Crippen molar-refractivity contribution in [2.75, 3.05) is 26.2 Å². The summed E-state index contributed by atoms with van der Waals surface area (Å²) in [7, 11) is 1.92. The molecule has 0 unspecified atom stereocenters. The highest BCUT2D eigenvalue weighted by Gasteiger charge is 2.57. The third-order valence-electron chi connectivity index (χ3n) is 6.04. The lowest BCUT2D eigenvalue weighted by molar-refractivity contribution is -0.173. The van der Waals surface area contributed by atoms with Gasteiger partial charge in [0.05, 0.1) is 12.8 Å². The molecule has 5 rings (SSSR count). The van der Waals surface area contributed by atoms with E-state index in [0.717, 1.165) is 24.2 Å². The van der Waals surface area contributed by atoms with Crippen molar-refractivity contribution in [1.82, 2.24) is 24.6 Å². The lowest BCUT2D eigenvalue weighted by Crippen LogP contribution is -2.59. The number of likely N-dealkylation sites (tertiary alicyclic amines) is 1. The van der Waals surface area contributed by atoms with Crippen molar-refractivity contribution in [3.63, 3.8) is 0 Å². The van der Waals surface area contributed by atoms with E-state index in [1.54, 1.807) is 17.5 Å². The fourth-order valence-electron chi connectivity index (χ4n) is 4.69. The first-order valence-corrected chi connectivity index (χ1v) is 11.1. The van der Waals surface area contributed by atoms with Crippen LogP contribution in [0.4, 0.5) is 0 Å². The number of thiophene rings is 1. The Morgan fingerprint density at radius 3 is 2.93 bits per heavy atom. The molecule has 0 radical (unpaired) electrons. The van der Waals surface area contributed by atoms with Gasteiger partial charge in [-0.05, 0) is 34.0 Å². The maximum absolute atomic E-state index is 13.8. The zero-order valence-electron chi connectivity index (χ0n) is 17.0. The predicted molar refractivity (Wildman–Crippen MR) is 114 cm³/mol. The van der Waals surface area contributed by atoms with Crippen LogP contribution in [0.25, 0.3) is 0 Å². The van der Waals surface area contributed by atoms with Crippen molar-refractivity contribution in [2.24, 2.45) is 7.05 Å². The number of aromatic nitrogens is 3. The van der Waals surface area contributed by atoms with Crippen molar-refractivity contribution in [2.45, 2.75) is 24.6 Å². The number of ether oxygens (including phenoxy) is 1. The van der Waals surface area contributed by atoms with E-state index in [1.807, 2.05) is 41.3 Å². The fraction of sp³-hybridized carbons (Fsp3) is 0.409. The Balaban J connectivity index is 1.45. The van der Waals surface area contributed by atoms with Crippen LogP contribution in [0.15, 0.2) is 53.7 Å². The summed E-state index contributed by atoms with van der Waals surface area (Å²) in [6.07, 6.45) is 7.55. The van der Waals surface area contributed by atoms with E-state index < -0.39 is 5.60 Å². The molecule has 2 aliphatic rings. The lowest BCUT2D eigenvalue weighted by Gasteiger charge is -2.42. The molecule has 1 amide bonds. The van der Waals surface area contributed by atoms with Gasteiger partial charge in [-0.2, -0.15) is 16.4 Å². The standard InChI is InChI=1S/C22H25N5O2S/c1-25-11-18(9-24-25)12-26-14-20(19-3-2-5-23-10-19)22(16-26)21(28)27(6-7-29-22)13-17-4-8-30-15-17/h2-5,8-11,15,20H,6-7,12-14,16H2,1H3/t20-,22+/m0/s1. The first kappa shape index (κ1) is 19.4. The Morgan fingerprint density at radius 1 is 1.27 bits per heavy atom. The number of pyridine rings is 1. The van der Waals surface area contributed by atoms with Crippen LogP contribution in [-0.2, 0) is 29.7 Å². The monoisotopic (exact) mass is 423 g/mol. The van der Waals surface area contributed by atoms with Gasteiger partial charge in [0.2, 0.25) is 0 Å². The Bertz CT molecular complexity index is 1010. The van der Waals surface area contributed by atoms with Crippen molar-refractivity contribution in [1.29, 1.82) is 0 Å². The SMILES string of the molecule is Cn1cc(CN2C[C@@H](c3cccnc3)[C@@]3(C2)OCCN(Cc2ccsc2)C3=O)cn1. The van der Waals surface area contributed by atoms with Crippen molar-refractivity contribution < 1.29 is 9.53 Å². The molecule has 2 fully saturated rings. The molecule has 5 heterocycles. The molecule has 156 valence electrons. The Labute approximate surface area is 179 Å². The summed E-state index contributed by atoms with van der Waals surface area (Å²) in [5, 5.41) is 8.45. The van der Waals surface area contributed by atoms with Crippen LogP contribution in [0.1, 0.15) is 22.6 Å². The van der Waals surface area contributed by atoms with E-state index in [0.29, 0.717) is 26.2 Å². The minimum absolute atomic E-state index is 0.0550. The molecule has 0 aromatic carbocycles. The first-order chi connectivity index (χ1) is 14.6. The second kappa shape index (κ2) is 7.94. The Morgan fingerprint density at radius 2 is 2.20 bits per heavy atom. The second-order valence-electron chi connectivity index (χ2n) is 8.13. The largest absolute Gasteiger partial charge is 0.361 e. The quantitative estimate of drug-likeness (QED) is 0.630. The predicted octanol–water partition coefficient (Wildman–Crippen LogP) is 2.27. The van der Waals surface area contributed by atoms with Gasteiger partial charge in [-0.1, -0.05) is 6.07 Å². The summed E-state index contributed by atoms with van der Waals surface area (Å²) in [5.41, 5.74) is 2.49. The highest BCUT2D eigenvalue weighted by Crippen LogP contribution is 2.42. The number of hydrogen-bond acceptors (Lipinski definition) is 6. The summed E-state index contributed by atoms with van der Waals surface area (Å²) >= 11 is 1.66. The van der Waals surface area contributed by atoms with Gasteiger partial charge in [-0.3, -0.25) is 19.4 Å². The van der Waals surface area contributed by atoms with E-state index >= 15 is 0 Å². The van der Waals surface area contributed by atoms with Gasteiger partial charge < -0.3 is 9.64 Å². The molecule has 0 N–H and O–H groups in total. The minimum atomic E-state index is -0.875. The molecule has 30 heavy (non-hydrogen) atoms. The zero-order valence-corrected chi connectivity index (χ0v) is 17.8. The summed E-state index contributed by atoms with van der Waals surface area (Å²) in [6.45, 7) is 3.87. The average molecular weight is 424 g/mol. The Kier molecular flexibility index (Phi) is 5.14. The van der Waals surface area contributed by atoms with Crippen LogP contribution in [0.5, 0.6) is 0 Å². The maximum atomic E-state index is 13.8. The van der Waals surface area contributed by atoms with Crippen LogP contribution >= 0.6 is 11.3 Å². The number of amides is 1. The van der Waals surface area contributed by atoms with E-state index in [2.05, 4.69) is 37.9 Å². The molecule has 0 saturated carbocycles. The average Bonchev–Trinajstić information content (AvgIpc) is 3.48. The topological polar surface area (TPSA) is 63.5 Å². The van der Waals surface area contributed by atoms with Crippen LogP contribution in [0, 0.1) is 0 Å². The lowest BCUT2D eigenvalue weighted by atomic mass is 9.83. The molecule has 8 heteroatoms. The fourth-order valence-corrected chi connectivity index (χ4v) is 5.35. The summed E-state index contributed by atoms with van der Waals surface area (Å²) < 4.78 is 8.16. The third kappa shape index (κ3) is 3.55. The summed E-state index contributed by atoms with van der Waals surface area (Å²) in [6, 6.07) is 6.08. The normalized spacial score (nSPS) is 24.8. The van der Waals surface area contributed by atoms with E-state index in [9.17, 15) is 4.79 Å². The van der Waals surface area contributed by atoms with Gasteiger partial charge in [0.15, 0.2) is 5.60 Å². The van der Waals surface area contributed by atoms with Gasteiger partial charge in [-0.25, -0.2) is 0 Å². The van der Waals surface area contributed by atoms with Crippen LogP contribution < -0.4 is 0 Å². The van der Waals surface area contributed by atoms with Gasteiger partial charge in [-0.15, -0.1) is 0 Å². The van der Waals surface area contributed by atoms with Gasteiger partial charge in [0.25, 0.3) is 5.91 Å². The van der Waals surface area contributed by atoms with Gasteiger partial charge in [0, 0.05) is 69.8 Å². The van der Waals surface area contributed by atoms with Crippen molar-refractivity contribution >= 4 is 17.2 Å². The van der Waals surface area contributed by atoms with E-state index in [1.165, 1.54) is 5.56 Å². The molecule has 2 aliphatic heterocycles. The zero-order chi connectivity index (χ0) is 20.6. The number of hydrogen-bond donors (Lipinski definition) is 0. The molecule has 0 aliphatic carbocycles. The van der Waals surface area contributed by atoms with Gasteiger partial charge >= 0.3 is 0 Å². The number of morpholine rings is 1. The summed E-state index contributed by atoms with van der Waals surface area (Å²) in [5.74, 6) is 0.0307. The molecule has 0 bridgehead atoms. The number of aryl methyl sites for hydroxylation is 1. The molecule has 3 aromatic heterocycles. The smallest absolute Gasteiger partial charge is 0.257 e. The van der Waals surface area contributed by atoms with Crippen molar-refractivity contribution in [3.8, 4) is 0 Å². The summed E-state index contributed by atoms with van der Waals surface area (Å²) in [4.78, 5) is 22.4. The number of carbonyl (C=O) groups excluding carboxylic acids is 1. The Hall–Kier alpha value is -2.55. The molecule has 3 aromatic rings. The molecular formula is C22H25N5O2S. The molecule has 2 saturated heterocycles. The minimum Gasteiger partial charge on any atom is -0.361 e. The molecule has 2 atom stereocenters. The van der Waals surface area contributed by atoms with Crippen LogP contribution in [0.3, 0.4) is 0 Å². The van der Waals surface area contributed by atoms with Crippen LogP contribution in [0.2, 0.25) is 0 Å². The molecule has 1 spiro atoms.